The van der Waals surface area contributed by atoms with Gasteiger partial charge in [-0.1, -0.05) is 72.4 Å². The Morgan fingerprint density at radius 1 is 1.00 bits per heavy atom. The van der Waals surface area contributed by atoms with Crippen molar-refractivity contribution in [1.29, 1.82) is 0 Å². The summed E-state index contributed by atoms with van der Waals surface area (Å²) >= 11 is 0. The molecule has 1 rings (SSSR count). The van der Waals surface area contributed by atoms with Gasteiger partial charge in [0.2, 0.25) is 23.6 Å². The van der Waals surface area contributed by atoms with Crippen LogP contribution in [0.5, 0.6) is 0 Å². The van der Waals surface area contributed by atoms with Crippen molar-refractivity contribution in [2.45, 2.75) is 123 Å². The molecule has 0 aliphatic carbocycles. The van der Waals surface area contributed by atoms with E-state index in [0.717, 1.165) is 6.42 Å². The van der Waals surface area contributed by atoms with Gasteiger partial charge < -0.3 is 45.4 Å². The highest BCUT2D eigenvalue weighted by molar-refractivity contribution is 5.88. The van der Waals surface area contributed by atoms with E-state index < -0.39 is 54.2 Å². The van der Waals surface area contributed by atoms with E-state index in [1.165, 1.54) is 26.4 Å². The number of allylic oxidation sites excluding steroid dienone is 3. The van der Waals surface area contributed by atoms with E-state index in [0.29, 0.717) is 25.0 Å². The molecule has 0 spiro atoms. The number of aliphatic hydroxyl groups is 1. The van der Waals surface area contributed by atoms with Crippen LogP contribution in [0.15, 0.2) is 37.0 Å². The molecule has 0 aromatic heterocycles. The minimum atomic E-state index is -1.19. The number of methoxy groups -OCH3 is 2. The van der Waals surface area contributed by atoms with Crippen LogP contribution in [-0.2, 0) is 33.4 Å². The molecule has 1 aliphatic heterocycles. The number of carbonyl (C=O) groups is 5. The second-order valence-electron chi connectivity index (χ2n) is 14.3. The van der Waals surface area contributed by atoms with Gasteiger partial charge in [0.05, 0.1) is 49.2 Å². The van der Waals surface area contributed by atoms with E-state index in [4.69, 9.17) is 14.6 Å². The first-order valence-corrected chi connectivity index (χ1v) is 18.6. The Hall–Kier alpha value is -3.59. The van der Waals surface area contributed by atoms with Crippen molar-refractivity contribution in [3.05, 3.63) is 37.0 Å². The summed E-state index contributed by atoms with van der Waals surface area (Å²) < 4.78 is 11.7. The number of likely N-dealkylation sites (N-methyl/N-ethyl adjacent to an activating group) is 2. The highest BCUT2D eigenvalue weighted by atomic mass is 16.5. The average molecular weight is 752 g/mol. The first kappa shape index (κ1) is 49.4. The van der Waals surface area contributed by atoms with E-state index in [1.807, 2.05) is 27.7 Å². The number of amides is 4. The van der Waals surface area contributed by atoms with Crippen LogP contribution in [0.25, 0.3) is 0 Å². The number of carboxylic acid groups (broad SMARTS) is 1. The van der Waals surface area contributed by atoms with Crippen LogP contribution in [0, 0.1) is 17.8 Å². The molecule has 1 fully saturated rings. The highest BCUT2D eigenvalue weighted by Gasteiger charge is 2.42. The molecule has 4 amide bonds. The van der Waals surface area contributed by atoms with E-state index in [1.54, 1.807) is 50.7 Å². The summed E-state index contributed by atoms with van der Waals surface area (Å²) in [6, 6.07) is -2.51. The van der Waals surface area contributed by atoms with Crippen molar-refractivity contribution >= 4 is 29.6 Å². The van der Waals surface area contributed by atoms with Crippen LogP contribution in [0.2, 0.25) is 0 Å². The van der Waals surface area contributed by atoms with Crippen LogP contribution in [0.4, 0.5) is 0 Å². The van der Waals surface area contributed by atoms with Gasteiger partial charge in [0.25, 0.3) is 0 Å². The third-order valence-corrected chi connectivity index (χ3v) is 9.63. The van der Waals surface area contributed by atoms with E-state index >= 15 is 0 Å². The number of aliphatic carboxylic acids is 1. The van der Waals surface area contributed by atoms with E-state index in [2.05, 4.69) is 29.1 Å². The number of hydrogen-bond donors (Lipinski definition) is 5. The minimum absolute atomic E-state index is 0.0147. The van der Waals surface area contributed by atoms with Crippen LogP contribution in [-0.4, -0.2) is 133 Å². The first-order valence-electron chi connectivity index (χ1n) is 18.6. The largest absolute Gasteiger partial charge is 0.480 e. The third-order valence-electron chi connectivity index (χ3n) is 9.63. The van der Waals surface area contributed by atoms with Crippen LogP contribution in [0.1, 0.15) is 80.6 Å². The molecule has 5 N–H and O–H groups in total. The van der Waals surface area contributed by atoms with Gasteiger partial charge in [-0.2, -0.15) is 0 Å². The van der Waals surface area contributed by atoms with Crippen molar-refractivity contribution in [2.75, 3.05) is 41.4 Å². The zero-order valence-corrected chi connectivity index (χ0v) is 34.0. The summed E-state index contributed by atoms with van der Waals surface area (Å²) in [7, 11) is 6.35. The summed E-state index contributed by atoms with van der Waals surface area (Å²) in [4.78, 5) is 68.5. The summed E-state index contributed by atoms with van der Waals surface area (Å²) in [5.41, 5.74) is 0.611. The first-order chi connectivity index (χ1) is 24.9. The maximum absolute atomic E-state index is 13.9. The Kier molecular flexibility index (Phi) is 23.7. The van der Waals surface area contributed by atoms with E-state index in [9.17, 15) is 29.1 Å². The monoisotopic (exact) mass is 752 g/mol. The minimum Gasteiger partial charge on any atom is -0.480 e. The standard InChI is InChI=1S/C36H61N5O8.C3H8O/c1-12-16-25(14-3)19-26(36(46)47)39-34(44)24(7)33(49-11)27-17-15-18-41(27)29(42)20-28(48-10)32(23(6)13-2)40(9)30(43)21-38-35(45)31(37-8)22(4)5;1-3(2)4/h12,14,16,22-24,26-28,31-33,37H,1,3,13,15,17-21H2,2,4-11H3,(H,38,45)(H,39,44)(H,46,47);3-4H,1-2H3/b25-16+;. The zero-order valence-electron chi connectivity index (χ0n) is 34.0. The predicted octanol–water partition coefficient (Wildman–Crippen LogP) is 2.91. The van der Waals surface area contributed by atoms with Crippen molar-refractivity contribution in [1.82, 2.24) is 25.8 Å². The molecule has 0 radical (unpaired) electrons. The lowest BCUT2D eigenvalue weighted by Gasteiger charge is -2.39. The summed E-state index contributed by atoms with van der Waals surface area (Å²) in [5, 5.41) is 26.2. The Labute approximate surface area is 317 Å². The molecule has 0 aromatic carbocycles. The summed E-state index contributed by atoms with van der Waals surface area (Å²) in [6.45, 7) is 20.5. The van der Waals surface area contributed by atoms with Crippen LogP contribution in [0.3, 0.4) is 0 Å². The lowest BCUT2D eigenvalue weighted by Crippen LogP contribution is -2.55. The molecule has 0 saturated carbocycles. The normalized spacial score (nSPS) is 18.4. The SMILES string of the molecule is C=C/C=C(\C=C)CC(NC(=O)C(C)C(OC)C1CCCN1C(=O)CC(OC)C(C(C)CC)N(C)C(=O)CNC(=O)C(NC)C(C)C)C(=O)O.CC(C)O. The Balaban J connectivity index is 0.00000640. The number of carbonyl (C=O) groups excluding carboxylic acids is 4. The molecule has 304 valence electrons. The number of carboxylic acids is 1. The maximum atomic E-state index is 13.9. The van der Waals surface area contributed by atoms with Gasteiger partial charge >= 0.3 is 5.97 Å². The quantitative estimate of drug-likeness (QED) is 0.103. The average Bonchev–Trinajstić information content (AvgIpc) is 3.59. The predicted molar refractivity (Wildman–Crippen MR) is 207 cm³/mol. The molecule has 8 atom stereocenters. The second kappa shape index (κ2) is 25.4. The van der Waals surface area contributed by atoms with Gasteiger partial charge in [0.15, 0.2) is 0 Å². The molecular weight excluding hydrogens is 682 g/mol. The van der Waals surface area contributed by atoms with Crippen molar-refractivity contribution < 1.29 is 43.7 Å². The van der Waals surface area contributed by atoms with Crippen molar-refractivity contribution in [3.63, 3.8) is 0 Å². The second-order valence-corrected chi connectivity index (χ2v) is 14.3. The van der Waals surface area contributed by atoms with Crippen molar-refractivity contribution in [2.24, 2.45) is 17.8 Å². The molecule has 8 unspecified atom stereocenters. The lowest BCUT2D eigenvalue weighted by atomic mass is 9.90. The van der Waals surface area contributed by atoms with Crippen molar-refractivity contribution in [3.8, 4) is 0 Å². The Morgan fingerprint density at radius 2 is 1.60 bits per heavy atom. The molecule has 1 heterocycles. The topological polar surface area (TPSA) is 187 Å². The fourth-order valence-corrected chi connectivity index (χ4v) is 6.60. The smallest absolute Gasteiger partial charge is 0.326 e. The highest BCUT2D eigenvalue weighted by Crippen LogP contribution is 2.29. The summed E-state index contributed by atoms with van der Waals surface area (Å²) in [5.74, 6) is -3.22. The van der Waals surface area contributed by atoms with Gasteiger partial charge in [-0.05, 0) is 51.1 Å². The molecular formula is C39H69N5O9. The van der Waals surface area contributed by atoms with Gasteiger partial charge in [-0.15, -0.1) is 0 Å². The molecule has 14 heteroatoms. The zero-order chi connectivity index (χ0) is 41.0. The van der Waals surface area contributed by atoms with Crippen LogP contribution >= 0.6 is 0 Å². The maximum Gasteiger partial charge on any atom is 0.326 e. The fraction of sp³-hybridized carbons (Fsp3) is 0.718. The summed E-state index contributed by atoms with van der Waals surface area (Å²) in [6.07, 6.45) is 5.20. The van der Waals surface area contributed by atoms with Gasteiger partial charge in [0.1, 0.15) is 6.04 Å². The number of rotatable bonds is 22. The lowest BCUT2D eigenvalue weighted by molar-refractivity contribution is -0.147. The number of ether oxygens (including phenoxy) is 2. The number of likely N-dealkylation sites (tertiary alicyclic amines) is 1. The van der Waals surface area contributed by atoms with Crippen LogP contribution < -0.4 is 16.0 Å². The third kappa shape index (κ3) is 16.1. The molecule has 0 bridgehead atoms. The molecule has 1 aliphatic rings. The Bertz CT molecular complexity index is 1220. The van der Waals surface area contributed by atoms with Gasteiger partial charge in [0, 0.05) is 40.3 Å². The molecule has 1 saturated heterocycles. The van der Waals surface area contributed by atoms with Gasteiger partial charge in [-0.25, -0.2) is 4.79 Å². The fourth-order valence-electron chi connectivity index (χ4n) is 6.60. The van der Waals surface area contributed by atoms with E-state index in [-0.39, 0.29) is 55.0 Å². The molecule has 14 nitrogen and oxygen atoms in total. The number of aliphatic hydroxyl groups excluding tert-OH is 1. The molecule has 0 aromatic rings. The number of nitrogens with zero attached hydrogens (tertiary/aromatic N) is 2. The Morgan fingerprint density at radius 3 is 2.06 bits per heavy atom. The van der Waals surface area contributed by atoms with Gasteiger partial charge in [-0.3, -0.25) is 19.2 Å². The number of hydrogen-bond acceptors (Lipinski definition) is 9. The number of nitrogens with one attached hydrogen (secondary N) is 3. The molecule has 53 heavy (non-hydrogen) atoms.